The van der Waals surface area contributed by atoms with Crippen LogP contribution in [0.3, 0.4) is 0 Å². The zero-order chi connectivity index (χ0) is 15.9. The van der Waals surface area contributed by atoms with Crippen LogP contribution >= 0.6 is 41.9 Å². The van der Waals surface area contributed by atoms with Gasteiger partial charge in [0.25, 0.3) is 0 Å². The molecule has 0 aliphatic rings. The molecule has 0 radical (unpaired) electrons. The van der Waals surface area contributed by atoms with E-state index in [1.54, 1.807) is 18.5 Å². The van der Waals surface area contributed by atoms with Crippen LogP contribution in [-0.2, 0) is 9.53 Å². The standard InChI is InChI=1S/C15H12INO3S2/c1-19-14(18)15(21-2)20-12-3-4-13-11(8-12)7-10(9-17-13)5-6-22-16/h3-4,7-9,15H,1-2H3. The minimum atomic E-state index is -0.686. The van der Waals surface area contributed by atoms with E-state index in [2.05, 4.69) is 37.4 Å². The molecule has 22 heavy (non-hydrogen) atoms. The first-order valence-electron chi connectivity index (χ1n) is 6.13. The van der Waals surface area contributed by atoms with Crippen molar-refractivity contribution < 1.29 is 14.3 Å². The third-order valence-electron chi connectivity index (χ3n) is 2.74. The van der Waals surface area contributed by atoms with Gasteiger partial charge in [-0.05, 0) is 44.7 Å². The van der Waals surface area contributed by atoms with Crippen molar-refractivity contribution in [2.75, 3.05) is 13.4 Å². The average Bonchev–Trinajstić information content (AvgIpc) is 2.56. The number of carbonyl (C=O) groups excluding carboxylic acids is 1. The van der Waals surface area contributed by atoms with Gasteiger partial charge in [-0.15, -0.1) is 11.8 Å². The molecule has 0 bridgehead atoms. The summed E-state index contributed by atoms with van der Waals surface area (Å²) in [5.41, 5.74) is 0.996. The third-order valence-corrected chi connectivity index (χ3v) is 4.29. The van der Waals surface area contributed by atoms with Crippen molar-refractivity contribution in [1.82, 2.24) is 4.98 Å². The highest BCUT2D eigenvalue weighted by Gasteiger charge is 2.19. The van der Waals surface area contributed by atoms with Crippen LogP contribution in [0.25, 0.3) is 10.9 Å². The van der Waals surface area contributed by atoms with Gasteiger partial charge in [0.2, 0.25) is 5.44 Å². The van der Waals surface area contributed by atoms with E-state index < -0.39 is 11.4 Å². The molecule has 2 rings (SSSR count). The second-order valence-corrected chi connectivity index (χ2v) is 6.67. The molecule has 114 valence electrons. The largest absolute Gasteiger partial charge is 0.468 e. The van der Waals surface area contributed by atoms with Crippen molar-refractivity contribution in [1.29, 1.82) is 0 Å². The van der Waals surface area contributed by atoms with E-state index in [4.69, 9.17) is 9.47 Å². The van der Waals surface area contributed by atoms with Crippen LogP contribution < -0.4 is 4.74 Å². The molecule has 1 atom stereocenters. The molecule has 0 saturated heterocycles. The number of hydrogen-bond acceptors (Lipinski definition) is 6. The number of rotatable bonds is 4. The molecule has 0 spiro atoms. The Hall–Kier alpha value is -1.11. The van der Waals surface area contributed by atoms with E-state index in [1.165, 1.54) is 27.8 Å². The molecule has 0 aliphatic carbocycles. The summed E-state index contributed by atoms with van der Waals surface area (Å²) in [5, 5.41) is 3.84. The Morgan fingerprint density at radius 3 is 2.91 bits per heavy atom. The predicted octanol–water partition coefficient (Wildman–Crippen LogP) is 3.87. The molecule has 0 saturated carbocycles. The molecule has 7 heteroatoms. The van der Waals surface area contributed by atoms with Crippen LogP contribution in [0.15, 0.2) is 30.5 Å². The van der Waals surface area contributed by atoms with Gasteiger partial charge in [-0.3, -0.25) is 4.98 Å². The lowest BCUT2D eigenvalue weighted by Gasteiger charge is -2.14. The van der Waals surface area contributed by atoms with Gasteiger partial charge in [-0.1, -0.05) is 5.92 Å². The van der Waals surface area contributed by atoms with Crippen molar-refractivity contribution >= 4 is 58.8 Å². The van der Waals surface area contributed by atoms with Gasteiger partial charge in [0.1, 0.15) is 5.75 Å². The number of methoxy groups -OCH3 is 1. The average molecular weight is 445 g/mol. The first kappa shape index (κ1) is 17.2. The van der Waals surface area contributed by atoms with Crippen molar-refractivity contribution in [3.8, 4) is 16.9 Å². The second-order valence-electron chi connectivity index (χ2n) is 4.09. The van der Waals surface area contributed by atoms with E-state index in [0.717, 1.165) is 16.5 Å². The highest BCUT2D eigenvalue weighted by atomic mass is 127. The summed E-state index contributed by atoms with van der Waals surface area (Å²) in [4.78, 5) is 15.9. The van der Waals surface area contributed by atoms with Crippen molar-refractivity contribution in [3.63, 3.8) is 0 Å². The van der Waals surface area contributed by atoms with Crippen LogP contribution in [0.2, 0.25) is 0 Å². The lowest BCUT2D eigenvalue weighted by Crippen LogP contribution is -2.24. The quantitative estimate of drug-likeness (QED) is 0.308. The normalized spacial score (nSPS) is 11.4. The maximum absolute atomic E-state index is 11.6. The molecule has 1 aromatic carbocycles. The molecule has 0 N–H and O–H groups in total. The summed E-state index contributed by atoms with van der Waals surface area (Å²) >= 11 is 3.40. The van der Waals surface area contributed by atoms with Gasteiger partial charge < -0.3 is 9.47 Å². The summed E-state index contributed by atoms with van der Waals surface area (Å²) in [7, 11) is 2.77. The summed E-state index contributed by atoms with van der Waals surface area (Å²) < 4.78 is 10.4. The monoisotopic (exact) mass is 445 g/mol. The number of esters is 1. The van der Waals surface area contributed by atoms with Gasteiger partial charge >= 0.3 is 5.97 Å². The molecule has 1 unspecified atom stereocenters. The highest BCUT2D eigenvalue weighted by molar-refractivity contribution is 14.2. The fourth-order valence-corrected chi connectivity index (χ4v) is 2.72. The Balaban J connectivity index is 2.30. The molecular weight excluding hydrogens is 433 g/mol. The second kappa shape index (κ2) is 8.50. The highest BCUT2D eigenvalue weighted by Crippen LogP contribution is 2.23. The summed E-state index contributed by atoms with van der Waals surface area (Å²) in [6.07, 6.45) is 3.53. The Bertz CT molecular complexity index is 742. The molecule has 1 aromatic heterocycles. The van der Waals surface area contributed by atoms with Gasteiger partial charge in [-0.2, -0.15) is 0 Å². The Kier molecular flexibility index (Phi) is 6.67. The Labute approximate surface area is 149 Å². The molecule has 0 aliphatic heterocycles. The first-order chi connectivity index (χ1) is 10.7. The molecular formula is C15H12INO3S2. The summed E-state index contributed by atoms with van der Waals surface area (Å²) in [6.45, 7) is 0. The fourth-order valence-electron chi connectivity index (χ4n) is 1.74. The summed E-state index contributed by atoms with van der Waals surface area (Å²) in [5.74, 6) is 3.19. The lowest BCUT2D eigenvalue weighted by molar-refractivity contribution is -0.144. The summed E-state index contributed by atoms with van der Waals surface area (Å²) in [6, 6.07) is 7.43. The number of carbonyl (C=O) groups is 1. The van der Waals surface area contributed by atoms with Crippen molar-refractivity contribution in [3.05, 3.63) is 36.0 Å². The number of aromatic nitrogens is 1. The fraction of sp³-hybridized carbons (Fsp3) is 0.200. The minimum Gasteiger partial charge on any atom is -0.468 e. The van der Waals surface area contributed by atoms with Gasteiger partial charge in [0.15, 0.2) is 0 Å². The predicted molar refractivity (Wildman–Crippen MR) is 100 cm³/mol. The number of nitrogens with zero attached hydrogens (tertiary/aromatic N) is 1. The van der Waals surface area contributed by atoms with Gasteiger partial charge in [0.05, 0.1) is 12.6 Å². The van der Waals surface area contributed by atoms with E-state index >= 15 is 0 Å². The number of pyridine rings is 1. The SMILES string of the molecule is COC(=O)C(Oc1ccc2ncc(C#CSI)cc2c1)SC. The maximum atomic E-state index is 11.6. The number of halogens is 1. The number of fused-ring (bicyclic) bond motifs is 1. The molecule has 0 amide bonds. The Morgan fingerprint density at radius 2 is 2.23 bits per heavy atom. The molecule has 0 fully saturated rings. The smallest absolute Gasteiger partial charge is 0.357 e. The lowest BCUT2D eigenvalue weighted by atomic mass is 10.1. The number of benzene rings is 1. The van der Waals surface area contributed by atoms with Crippen molar-refractivity contribution in [2.45, 2.75) is 5.44 Å². The van der Waals surface area contributed by atoms with Crippen LogP contribution in [0.4, 0.5) is 0 Å². The maximum Gasteiger partial charge on any atom is 0.357 e. The van der Waals surface area contributed by atoms with Crippen LogP contribution in [0.1, 0.15) is 5.56 Å². The number of hydrogen-bond donors (Lipinski definition) is 0. The van der Waals surface area contributed by atoms with Crippen LogP contribution in [-0.4, -0.2) is 29.8 Å². The van der Waals surface area contributed by atoms with Crippen LogP contribution in [0, 0.1) is 11.2 Å². The van der Waals surface area contributed by atoms with E-state index in [-0.39, 0.29) is 0 Å². The van der Waals surface area contributed by atoms with Gasteiger partial charge in [0, 0.05) is 38.4 Å². The topological polar surface area (TPSA) is 48.4 Å². The molecule has 2 aromatic rings. The minimum absolute atomic E-state index is 0.413. The van der Waals surface area contributed by atoms with Crippen LogP contribution in [0.5, 0.6) is 5.75 Å². The molecule has 4 nitrogen and oxygen atoms in total. The van der Waals surface area contributed by atoms with E-state index in [0.29, 0.717) is 5.75 Å². The molecule has 1 heterocycles. The number of thioether (sulfide) groups is 1. The van der Waals surface area contributed by atoms with E-state index in [9.17, 15) is 4.79 Å². The Morgan fingerprint density at radius 1 is 1.41 bits per heavy atom. The zero-order valence-corrected chi connectivity index (χ0v) is 15.6. The van der Waals surface area contributed by atoms with Crippen molar-refractivity contribution in [2.24, 2.45) is 0 Å². The zero-order valence-electron chi connectivity index (χ0n) is 11.8. The third kappa shape index (κ3) is 4.44. The number of ether oxygens (including phenoxy) is 2. The van der Waals surface area contributed by atoms with Gasteiger partial charge in [-0.25, -0.2) is 4.79 Å². The van der Waals surface area contributed by atoms with E-state index in [1.807, 2.05) is 18.2 Å². The first-order valence-corrected chi connectivity index (χ1v) is 10.8.